The van der Waals surface area contributed by atoms with Crippen LogP contribution in [0.3, 0.4) is 0 Å². The molecule has 0 heterocycles. The van der Waals surface area contributed by atoms with Crippen molar-refractivity contribution >= 4 is 21.8 Å². The predicted molar refractivity (Wildman–Crippen MR) is 81.6 cm³/mol. The first-order valence-corrected chi connectivity index (χ1v) is 7.35. The summed E-state index contributed by atoms with van der Waals surface area (Å²) in [6.45, 7) is 0.361. The number of carbonyl (C=O) groups is 1. The van der Waals surface area contributed by atoms with Gasteiger partial charge < -0.3 is 5.32 Å². The lowest BCUT2D eigenvalue weighted by atomic mass is 10.1. The van der Waals surface area contributed by atoms with Gasteiger partial charge in [-0.3, -0.25) is 4.79 Å². The average molecular weight is 372 g/mol. The lowest BCUT2D eigenvalue weighted by Gasteiger charge is -2.08. The predicted octanol–water partition coefficient (Wildman–Crippen LogP) is 4.44. The normalized spacial score (nSPS) is 11.3. The second-order valence-electron chi connectivity index (χ2n) is 4.71. The van der Waals surface area contributed by atoms with Crippen LogP contribution >= 0.6 is 15.9 Å². The maximum Gasteiger partial charge on any atom is 0.416 e. The minimum absolute atomic E-state index is 0.209. The second kappa shape index (κ2) is 6.96. The highest BCUT2D eigenvalue weighted by Crippen LogP contribution is 2.29. The van der Waals surface area contributed by atoms with Gasteiger partial charge in [0.25, 0.3) is 5.91 Å². The van der Waals surface area contributed by atoms with E-state index in [1.807, 2.05) is 0 Å². The fourth-order valence-electron chi connectivity index (χ4n) is 1.88. The molecule has 22 heavy (non-hydrogen) atoms. The first-order valence-electron chi connectivity index (χ1n) is 6.56. The van der Waals surface area contributed by atoms with Crippen LogP contribution in [-0.2, 0) is 12.6 Å². The van der Waals surface area contributed by atoms with Crippen molar-refractivity contribution < 1.29 is 18.0 Å². The minimum Gasteiger partial charge on any atom is -0.352 e. The summed E-state index contributed by atoms with van der Waals surface area (Å²) in [7, 11) is 0. The van der Waals surface area contributed by atoms with E-state index in [1.165, 1.54) is 12.1 Å². The summed E-state index contributed by atoms with van der Waals surface area (Å²) in [5, 5.41) is 2.74. The maximum atomic E-state index is 12.4. The monoisotopic (exact) mass is 371 g/mol. The fourth-order valence-corrected chi connectivity index (χ4v) is 2.15. The van der Waals surface area contributed by atoms with E-state index >= 15 is 0 Å². The molecule has 0 bridgehead atoms. The molecule has 116 valence electrons. The van der Waals surface area contributed by atoms with Crippen LogP contribution in [-0.4, -0.2) is 12.5 Å². The van der Waals surface area contributed by atoms with Crippen molar-refractivity contribution in [3.63, 3.8) is 0 Å². The van der Waals surface area contributed by atoms with Crippen LogP contribution in [0.5, 0.6) is 0 Å². The zero-order chi connectivity index (χ0) is 16.2. The second-order valence-corrected chi connectivity index (χ2v) is 5.62. The number of carbonyl (C=O) groups excluding carboxylic acids is 1. The molecule has 0 spiro atoms. The molecule has 1 amide bonds. The van der Waals surface area contributed by atoms with Gasteiger partial charge in [0, 0.05) is 16.6 Å². The van der Waals surface area contributed by atoms with Gasteiger partial charge in [0.15, 0.2) is 0 Å². The molecule has 0 saturated carbocycles. The SMILES string of the molecule is O=C(NCCc1ccc(C(F)(F)F)cc1)c1ccc(Br)cc1. The van der Waals surface area contributed by atoms with Crippen molar-refractivity contribution in [3.05, 3.63) is 69.7 Å². The van der Waals surface area contributed by atoms with E-state index in [0.717, 1.165) is 22.2 Å². The third-order valence-electron chi connectivity index (χ3n) is 3.09. The number of alkyl halides is 3. The molecule has 0 saturated heterocycles. The Hall–Kier alpha value is -1.82. The molecular formula is C16H13BrF3NO. The van der Waals surface area contributed by atoms with Crippen molar-refractivity contribution in [1.29, 1.82) is 0 Å². The fraction of sp³-hybridized carbons (Fsp3) is 0.188. The van der Waals surface area contributed by atoms with Crippen molar-refractivity contribution in [3.8, 4) is 0 Å². The van der Waals surface area contributed by atoms with Gasteiger partial charge in [0.2, 0.25) is 0 Å². The van der Waals surface area contributed by atoms with Crippen molar-refractivity contribution in [1.82, 2.24) is 5.32 Å². The Balaban J connectivity index is 1.86. The van der Waals surface area contributed by atoms with E-state index < -0.39 is 11.7 Å². The lowest BCUT2D eigenvalue weighted by Crippen LogP contribution is -2.25. The lowest BCUT2D eigenvalue weighted by molar-refractivity contribution is -0.137. The molecule has 0 aliphatic carbocycles. The quantitative estimate of drug-likeness (QED) is 0.845. The summed E-state index contributed by atoms with van der Waals surface area (Å²) < 4.78 is 38.2. The Morgan fingerprint density at radius 3 is 2.14 bits per heavy atom. The Kier molecular flexibility index (Phi) is 5.24. The molecular weight excluding hydrogens is 359 g/mol. The Morgan fingerprint density at radius 2 is 1.59 bits per heavy atom. The minimum atomic E-state index is -4.33. The molecule has 0 radical (unpaired) electrons. The number of hydrogen-bond donors (Lipinski definition) is 1. The van der Waals surface area contributed by atoms with Gasteiger partial charge in [-0.1, -0.05) is 28.1 Å². The number of halogens is 4. The average Bonchev–Trinajstić information content (AvgIpc) is 2.47. The molecule has 2 aromatic carbocycles. The molecule has 1 N–H and O–H groups in total. The number of benzene rings is 2. The van der Waals surface area contributed by atoms with E-state index in [-0.39, 0.29) is 5.91 Å². The summed E-state index contributed by atoms with van der Waals surface area (Å²) in [6, 6.07) is 11.9. The molecule has 2 rings (SSSR count). The molecule has 0 aliphatic heterocycles. The highest BCUT2D eigenvalue weighted by atomic mass is 79.9. The van der Waals surface area contributed by atoms with E-state index in [0.29, 0.717) is 18.5 Å². The van der Waals surface area contributed by atoms with Gasteiger partial charge in [0.05, 0.1) is 5.56 Å². The third-order valence-corrected chi connectivity index (χ3v) is 3.62. The first-order chi connectivity index (χ1) is 10.4. The zero-order valence-corrected chi connectivity index (χ0v) is 13.0. The molecule has 0 aromatic heterocycles. The van der Waals surface area contributed by atoms with E-state index in [2.05, 4.69) is 21.2 Å². The first kappa shape index (κ1) is 16.5. The maximum absolute atomic E-state index is 12.4. The van der Waals surface area contributed by atoms with Gasteiger partial charge in [-0.05, 0) is 48.4 Å². The van der Waals surface area contributed by atoms with Gasteiger partial charge in [0.1, 0.15) is 0 Å². The van der Waals surface area contributed by atoms with Crippen LogP contribution in [0.25, 0.3) is 0 Å². The van der Waals surface area contributed by atoms with Gasteiger partial charge in [-0.25, -0.2) is 0 Å². The van der Waals surface area contributed by atoms with Gasteiger partial charge >= 0.3 is 6.18 Å². The number of rotatable bonds is 4. The molecule has 2 aromatic rings. The van der Waals surface area contributed by atoms with Crippen molar-refractivity contribution in [2.24, 2.45) is 0 Å². The number of amides is 1. The van der Waals surface area contributed by atoms with Crippen LogP contribution in [0.15, 0.2) is 53.0 Å². The smallest absolute Gasteiger partial charge is 0.352 e. The Labute approximate surface area is 134 Å². The van der Waals surface area contributed by atoms with E-state index in [9.17, 15) is 18.0 Å². The van der Waals surface area contributed by atoms with E-state index in [1.54, 1.807) is 24.3 Å². The van der Waals surface area contributed by atoms with Crippen LogP contribution < -0.4 is 5.32 Å². The van der Waals surface area contributed by atoms with Crippen molar-refractivity contribution in [2.45, 2.75) is 12.6 Å². The largest absolute Gasteiger partial charge is 0.416 e. The third kappa shape index (κ3) is 4.59. The summed E-state index contributed by atoms with van der Waals surface area (Å²) in [5.41, 5.74) is 0.606. The summed E-state index contributed by atoms with van der Waals surface area (Å²) in [6.07, 6.45) is -3.85. The Bertz CT molecular complexity index is 636. The summed E-state index contributed by atoms with van der Waals surface area (Å²) >= 11 is 3.29. The molecule has 2 nitrogen and oxygen atoms in total. The zero-order valence-electron chi connectivity index (χ0n) is 11.5. The van der Waals surface area contributed by atoms with Crippen LogP contribution in [0.4, 0.5) is 13.2 Å². The van der Waals surface area contributed by atoms with Gasteiger partial charge in [-0.2, -0.15) is 13.2 Å². The van der Waals surface area contributed by atoms with Crippen LogP contribution in [0.1, 0.15) is 21.5 Å². The molecule has 0 aliphatic rings. The van der Waals surface area contributed by atoms with Crippen molar-refractivity contribution in [2.75, 3.05) is 6.54 Å². The van der Waals surface area contributed by atoms with Crippen LogP contribution in [0, 0.1) is 0 Å². The van der Waals surface area contributed by atoms with Crippen LogP contribution in [0.2, 0.25) is 0 Å². The molecule has 0 atom stereocenters. The standard InChI is InChI=1S/C16H13BrF3NO/c17-14-7-3-12(4-8-14)15(22)21-10-9-11-1-5-13(6-2-11)16(18,19)20/h1-8H,9-10H2,(H,21,22). The topological polar surface area (TPSA) is 29.1 Å². The molecule has 6 heteroatoms. The van der Waals surface area contributed by atoms with Gasteiger partial charge in [-0.15, -0.1) is 0 Å². The number of hydrogen-bond acceptors (Lipinski definition) is 1. The highest BCUT2D eigenvalue weighted by Gasteiger charge is 2.29. The number of nitrogens with one attached hydrogen (secondary N) is 1. The molecule has 0 unspecified atom stereocenters. The summed E-state index contributed by atoms with van der Waals surface area (Å²) in [4.78, 5) is 11.9. The Morgan fingerprint density at radius 1 is 1.00 bits per heavy atom. The highest BCUT2D eigenvalue weighted by molar-refractivity contribution is 9.10. The van der Waals surface area contributed by atoms with E-state index in [4.69, 9.17) is 0 Å². The summed E-state index contributed by atoms with van der Waals surface area (Å²) in [5.74, 6) is -0.209. The molecule has 0 fully saturated rings.